The molecular formula is C22H25N3O4S2. The predicted molar refractivity (Wildman–Crippen MR) is 125 cm³/mol. The summed E-state index contributed by atoms with van der Waals surface area (Å²) in [5, 5.41) is 6.66. The number of nitrogens with zero attached hydrogens (tertiary/aromatic N) is 2. The molecule has 2 aromatic heterocycles. The van der Waals surface area contributed by atoms with Crippen molar-refractivity contribution in [3.8, 4) is 0 Å². The quantitative estimate of drug-likeness (QED) is 0.536. The molecule has 31 heavy (non-hydrogen) atoms. The van der Waals surface area contributed by atoms with Gasteiger partial charge in [-0.1, -0.05) is 18.1 Å². The van der Waals surface area contributed by atoms with E-state index < -0.39 is 10.0 Å². The zero-order valence-corrected chi connectivity index (χ0v) is 19.7. The van der Waals surface area contributed by atoms with Crippen LogP contribution in [0.25, 0.3) is 12.2 Å². The maximum atomic E-state index is 13.1. The number of hydrogen-bond acceptors (Lipinski definition) is 6. The second-order valence-electron chi connectivity index (χ2n) is 7.14. The van der Waals surface area contributed by atoms with Gasteiger partial charge in [0.05, 0.1) is 5.69 Å². The summed E-state index contributed by atoms with van der Waals surface area (Å²) in [6, 6.07) is 8.89. The lowest BCUT2D eigenvalue weighted by Gasteiger charge is -2.19. The van der Waals surface area contributed by atoms with Crippen LogP contribution in [0.1, 0.15) is 40.8 Å². The van der Waals surface area contributed by atoms with Gasteiger partial charge in [-0.3, -0.25) is 9.10 Å². The Morgan fingerprint density at radius 3 is 2.58 bits per heavy atom. The zero-order valence-electron chi connectivity index (χ0n) is 18.1. The van der Waals surface area contributed by atoms with Crippen molar-refractivity contribution in [2.45, 2.75) is 38.3 Å². The monoisotopic (exact) mass is 459 g/mol. The molecule has 0 aliphatic carbocycles. The number of anilines is 2. The van der Waals surface area contributed by atoms with Gasteiger partial charge in [0.1, 0.15) is 15.6 Å². The molecule has 164 valence electrons. The summed E-state index contributed by atoms with van der Waals surface area (Å²) in [6.45, 7) is 7.44. The third-order valence-electron chi connectivity index (χ3n) is 4.94. The second kappa shape index (κ2) is 9.07. The minimum Gasteiger partial charge on any atom is -0.354 e. The van der Waals surface area contributed by atoms with Gasteiger partial charge in [-0.05, 0) is 68.3 Å². The standard InChI is InChI=1S/C22H25N3O4S2/c1-6-20(26)23-22-16(4)24-29-19(22)11-9-18-10-12-21(30-18)31(27,28)25(5)17-8-7-14(2)15(3)13-17/h7-13H,6H2,1-5H3,(H,23,26). The van der Waals surface area contributed by atoms with Gasteiger partial charge in [-0.15, -0.1) is 11.3 Å². The van der Waals surface area contributed by atoms with Crippen LogP contribution in [0.15, 0.2) is 39.1 Å². The number of hydrogen-bond donors (Lipinski definition) is 1. The van der Waals surface area contributed by atoms with Gasteiger partial charge in [0, 0.05) is 18.3 Å². The highest BCUT2D eigenvalue weighted by Gasteiger charge is 2.23. The SMILES string of the molecule is CCC(=O)Nc1c(C)noc1C=Cc1ccc(S(=O)(=O)N(C)c2ccc(C)c(C)c2)s1. The fourth-order valence-corrected chi connectivity index (χ4v) is 5.38. The summed E-state index contributed by atoms with van der Waals surface area (Å²) in [7, 11) is -2.13. The number of thiophene rings is 1. The van der Waals surface area contributed by atoms with E-state index >= 15 is 0 Å². The van der Waals surface area contributed by atoms with Crippen molar-refractivity contribution >= 4 is 50.8 Å². The van der Waals surface area contributed by atoms with Crippen molar-refractivity contribution in [2.75, 3.05) is 16.7 Å². The van der Waals surface area contributed by atoms with Gasteiger partial charge in [0.25, 0.3) is 10.0 Å². The average Bonchev–Trinajstić information content (AvgIpc) is 3.35. The Balaban J connectivity index is 1.83. The van der Waals surface area contributed by atoms with Crippen LogP contribution in [-0.4, -0.2) is 26.5 Å². The Morgan fingerprint density at radius 1 is 1.16 bits per heavy atom. The molecule has 9 heteroatoms. The maximum Gasteiger partial charge on any atom is 0.273 e. The molecule has 0 aliphatic rings. The highest BCUT2D eigenvalue weighted by atomic mass is 32.2. The normalized spacial score (nSPS) is 11.8. The summed E-state index contributed by atoms with van der Waals surface area (Å²) >= 11 is 1.15. The van der Waals surface area contributed by atoms with E-state index in [4.69, 9.17) is 4.52 Å². The van der Waals surface area contributed by atoms with Crippen molar-refractivity contribution in [2.24, 2.45) is 0 Å². The first-order valence-corrected chi connectivity index (χ1v) is 12.0. The first-order chi connectivity index (χ1) is 14.6. The van der Waals surface area contributed by atoms with Crippen molar-refractivity contribution in [3.05, 3.63) is 57.8 Å². The molecule has 7 nitrogen and oxygen atoms in total. The number of carbonyl (C=O) groups is 1. The lowest BCUT2D eigenvalue weighted by atomic mass is 10.1. The molecule has 0 atom stereocenters. The Hall–Kier alpha value is -2.91. The lowest BCUT2D eigenvalue weighted by Crippen LogP contribution is -2.25. The molecule has 0 spiro atoms. The number of carbonyl (C=O) groups excluding carboxylic acids is 1. The second-order valence-corrected chi connectivity index (χ2v) is 10.5. The smallest absolute Gasteiger partial charge is 0.273 e. The van der Waals surface area contributed by atoms with Crippen molar-refractivity contribution in [1.82, 2.24) is 5.16 Å². The largest absolute Gasteiger partial charge is 0.354 e. The van der Waals surface area contributed by atoms with E-state index in [2.05, 4.69) is 10.5 Å². The molecule has 0 aliphatic heterocycles. The number of rotatable bonds is 7. The minimum absolute atomic E-state index is 0.139. The van der Waals surface area contributed by atoms with Crippen LogP contribution in [0, 0.1) is 20.8 Å². The number of aryl methyl sites for hydroxylation is 3. The van der Waals surface area contributed by atoms with E-state index in [1.807, 2.05) is 26.0 Å². The minimum atomic E-state index is -3.68. The van der Waals surface area contributed by atoms with Crippen molar-refractivity contribution < 1.29 is 17.7 Å². The zero-order chi connectivity index (χ0) is 22.8. The number of sulfonamides is 1. The van der Waals surface area contributed by atoms with Gasteiger partial charge in [0.15, 0.2) is 5.76 Å². The molecule has 0 fully saturated rings. The lowest BCUT2D eigenvalue weighted by molar-refractivity contribution is -0.115. The van der Waals surface area contributed by atoms with Gasteiger partial charge in [0.2, 0.25) is 5.91 Å². The molecule has 3 rings (SSSR count). The Morgan fingerprint density at radius 2 is 1.90 bits per heavy atom. The van der Waals surface area contributed by atoms with Gasteiger partial charge >= 0.3 is 0 Å². The van der Waals surface area contributed by atoms with Crippen LogP contribution in [0.3, 0.4) is 0 Å². The van der Waals surface area contributed by atoms with Gasteiger partial charge in [-0.2, -0.15) is 0 Å². The number of nitrogens with one attached hydrogen (secondary N) is 1. The van der Waals surface area contributed by atoms with E-state index in [1.165, 1.54) is 4.31 Å². The van der Waals surface area contributed by atoms with Crippen LogP contribution in [0.4, 0.5) is 11.4 Å². The number of aromatic nitrogens is 1. The Labute approximate surface area is 186 Å². The Kier molecular flexibility index (Phi) is 6.66. The molecule has 2 heterocycles. The van der Waals surface area contributed by atoms with Gasteiger partial charge < -0.3 is 9.84 Å². The summed E-state index contributed by atoms with van der Waals surface area (Å²) in [5.74, 6) is 0.268. The van der Waals surface area contributed by atoms with Gasteiger partial charge in [-0.25, -0.2) is 8.42 Å². The van der Waals surface area contributed by atoms with Crippen LogP contribution < -0.4 is 9.62 Å². The van der Waals surface area contributed by atoms with Crippen molar-refractivity contribution in [1.29, 1.82) is 0 Å². The predicted octanol–water partition coefficient (Wildman–Crippen LogP) is 5.01. The van der Waals surface area contributed by atoms with Crippen LogP contribution in [0.5, 0.6) is 0 Å². The summed E-state index contributed by atoms with van der Waals surface area (Å²) in [4.78, 5) is 12.4. The first-order valence-electron chi connectivity index (χ1n) is 9.73. The van der Waals surface area contributed by atoms with Crippen LogP contribution >= 0.6 is 11.3 Å². The van der Waals surface area contributed by atoms with E-state index in [0.29, 0.717) is 29.2 Å². The van der Waals surface area contributed by atoms with E-state index in [1.54, 1.807) is 51.2 Å². The topological polar surface area (TPSA) is 92.5 Å². The molecule has 3 aromatic rings. The van der Waals surface area contributed by atoms with Crippen LogP contribution in [-0.2, 0) is 14.8 Å². The molecule has 0 saturated heterocycles. The highest BCUT2D eigenvalue weighted by molar-refractivity contribution is 7.94. The molecule has 0 radical (unpaired) electrons. The fraction of sp³-hybridized carbons (Fsp3) is 0.273. The maximum absolute atomic E-state index is 13.1. The average molecular weight is 460 g/mol. The Bertz CT molecular complexity index is 1240. The van der Waals surface area contributed by atoms with Crippen molar-refractivity contribution in [3.63, 3.8) is 0 Å². The van der Waals surface area contributed by atoms with E-state index in [-0.39, 0.29) is 10.1 Å². The molecule has 0 bridgehead atoms. The van der Waals surface area contributed by atoms with E-state index in [0.717, 1.165) is 27.3 Å². The summed E-state index contributed by atoms with van der Waals surface area (Å²) in [5.41, 5.74) is 3.84. The van der Waals surface area contributed by atoms with E-state index in [9.17, 15) is 13.2 Å². The third kappa shape index (κ3) is 4.88. The molecule has 0 saturated carbocycles. The number of amides is 1. The fourth-order valence-electron chi connectivity index (χ4n) is 2.80. The molecule has 1 N–H and O–H groups in total. The third-order valence-corrected chi connectivity index (χ3v) is 8.25. The first kappa shape index (κ1) is 22.8. The molecule has 0 unspecified atom stereocenters. The molecule has 1 amide bonds. The molecular weight excluding hydrogens is 434 g/mol. The molecule has 1 aromatic carbocycles. The van der Waals surface area contributed by atoms with Crippen LogP contribution in [0.2, 0.25) is 0 Å². The number of benzene rings is 1. The summed E-state index contributed by atoms with van der Waals surface area (Å²) < 4.78 is 32.9. The summed E-state index contributed by atoms with van der Waals surface area (Å²) in [6.07, 6.45) is 3.75. The highest BCUT2D eigenvalue weighted by Crippen LogP contribution is 2.30.